The molecule has 1 aromatic carbocycles. The second-order valence-electron chi connectivity index (χ2n) is 5.22. The highest BCUT2D eigenvalue weighted by Gasteiger charge is 2.31. The first-order valence-electron chi connectivity index (χ1n) is 6.79. The molecule has 0 amide bonds. The number of nitrogens with zero attached hydrogens (tertiary/aromatic N) is 1. The number of nitro groups is 1. The molecule has 6 heteroatoms. The summed E-state index contributed by atoms with van der Waals surface area (Å²) in [6.45, 7) is 0.681. The third kappa shape index (κ3) is 3.42. The maximum absolute atomic E-state index is 13.1. The number of hydrogen-bond acceptors (Lipinski definition) is 4. The monoisotopic (exact) mass is 298 g/mol. The highest BCUT2D eigenvalue weighted by Crippen LogP contribution is 2.39. The molecule has 0 unspecified atom stereocenters. The molecule has 4 nitrogen and oxygen atoms in total. The SMILES string of the molecule is CSC1(CNc2ccc(F)cc2[N+](=O)[O-])CCCCC1. The highest BCUT2D eigenvalue weighted by molar-refractivity contribution is 8.00. The first kappa shape index (κ1) is 15.1. The molecule has 1 fully saturated rings. The Hall–Kier alpha value is -1.30. The van der Waals surface area contributed by atoms with Gasteiger partial charge in [-0.2, -0.15) is 11.8 Å². The standard InChI is InChI=1S/C14H19FN2O2S/c1-20-14(7-3-2-4-8-14)10-16-12-6-5-11(15)9-13(12)17(18)19/h5-6,9,16H,2-4,7-8,10H2,1H3. The summed E-state index contributed by atoms with van der Waals surface area (Å²) in [4.78, 5) is 10.4. The van der Waals surface area contributed by atoms with Gasteiger partial charge in [0.2, 0.25) is 0 Å². The van der Waals surface area contributed by atoms with E-state index < -0.39 is 10.7 Å². The Labute approximate surface area is 122 Å². The largest absolute Gasteiger partial charge is 0.378 e. The van der Waals surface area contributed by atoms with E-state index in [-0.39, 0.29) is 10.4 Å². The van der Waals surface area contributed by atoms with E-state index >= 15 is 0 Å². The molecule has 0 atom stereocenters. The molecule has 0 spiro atoms. The fourth-order valence-electron chi connectivity index (χ4n) is 2.71. The van der Waals surface area contributed by atoms with Crippen molar-refractivity contribution in [2.24, 2.45) is 0 Å². The van der Waals surface area contributed by atoms with E-state index in [0.717, 1.165) is 18.9 Å². The van der Waals surface area contributed by atoms with Gasteiger partial charge in [0.1, 0.15) is 11.5 Å². The Kier molecular flexibility index (Phi) is 4.86. The number of thioether (sulfide) groups is 1. The predicted octanol–water partition coefficient (Wildman–Crippen LogP) is 4.21. The number of benzene rings is 1. The highest BCUT2D eigenvalue weighted by atomic mass is 32.2. The average Bonchev–Trinajstić information content (AvgIpc) is 2.47. The van der Waals surface area contributed by atoms with Gasteiger partial charge in [0.25, 0.3) is 5.69 Å². The van der Waals surface area contributed by atoms with Crippen molar-refractivity contribution in [2.75, 3.05) is 18.1 Å². The molecule has 0 heterocycles. The van der Waals surface area contributed by atoms with Crippen molar-refractivity contribution in [3.8, 4) is 0 Å². The third-order valence-corrected chi connectivity index (χ3v) is 5.37. The van der Waals surface area contributed by atoms with Crippen LogP contribution in [-0.4, -0.2) is 22.5 Å². The summed E-state index contributed by atoms with van der Waals surface area (Å²) in [5.41, 5.74) is 0.201. The lowest BCUT2D eigenvalue weighted by atomic mass is 9.88. The smallest absolute Gasteiger partial charge is 0.295 e. The summed E-state index contributed by atoms with van der Waals surface area (Å²) in [6.07, 6.45) is 8.00. The van der Waals surface area contributed by atoms with Crippen LogP contribution >= 0.6 is 11.8 Å². The van der Waals surface area contributed by atoms with Crippen molar-refractivity contribution in [1.82, 2.24) is 0 Å². The van der Waals surface area contributed by atoms with Crippen LogP contribution in [-0.2, 0) is 0 Å². The van der Waals surface area contributed by atoms with Crippen molar-refractivity contribution in [3.63, 3.8) is 0 Å². The fourth-order valence-corrected chi connectivity index (χ4v) is 3.62. The minimum absolute atomic E-state index is 0.139. The number of hydrogen-bond donors (Lipinski definition) is 1. The van der Waals surface area contributed by atoms with E-state index in [0.29, 0.717) is 12.2 Å². The van der Waals surface area contributed by atoms with Crippen LogP contribution in [0.15, 0.2) is 18.2 Å². The van der Waals surface area contributed by atoms with E-state index in [1.165, 1.54) is 31.4 Å². The maximum atomic E-state index is 13.1. The first-order valence-corrected chi connectivity index (χ1v) is 8.02. The zero-order valence-corrected chi connectivity index (χ0v) is 12.3. The lowest BCUT2D eigenvalue weighted by Gasteiger charge is -2.36. The first-order chi connectivity index (χ1) is 9.56. The van der Waals surface area contributed by atoms with Crippen LogP contribution in [0.1, 0.15) is 32.1 Å². The van der Waals surface area contributed by atoms with Crippen molar-refractivity contribution in [1.29, 1.82) is 0 Å². The molecule has 1 aliphatic carbocycles. The molecular weight excluding hydrogens is 279 g/mol. The van der Waals surface area contributed by atoms with E-state index in [9.17, 15) is 14.5 Å². The van der Waals surface area contributed by atoms with E-state index in [2.05, 4.69) is 11.6 Å². The minimum atomic E-state index is -0.584. The average molecular weight is 298 g/mol. The van der Waals surface area contributed by atoms with Crippen LogP contribution in [0.5, 0.6) is 0 Å². The maximum Gasteiger partial charge on any atom is 0.295 e. The van der Waals surface area contributed by atoms with Crippen molar-refractivity contribution in [2.45, 2.75) is 36.9 Å². The van der Waals surface area contributed by atoms with Gasteiger partial charge >= 0.3 is 0 Å². The number of halogens is 1. The summed E-state index contributed by atoms with van der Waals surface area (Å²) < 4.78 is 13.2. The predicted molar refractivity (Wildman–Crippen MR) is 80.9 cm³/mol. The second kappa shape index (κ2) is 6.43. The van der Waals surface area contributed by atoms with Gasteiger partial charge in [-0.1, -0.05) is 19.3 Å². The molecule has 0 aliphatic heterocycles. The molecule has 0 radical (unpaired) electrons. The summed E-state index contributed by atoms with van der Waals surface area (Å²) in [5.74, 6) is -0.584. The van der Waals surface area contributed by atoms with Gasteiger partial charge < -0.3 is 5.32 Å². The van der Waals surface area contributed by atoms with Crippen LogP contribution < -0.4 is 5.32 Å². The van der Waals surface area contributed by atoms with Gasteiger partial charge in [-0.25, -0.2) is 4.39 Å². The quantitative estimate of drug-likeness (QED) is 0.653. The summed E-state index contributed by atoms with van der Waals surface area (Å²) >= 11 is 1.82. The van der Waals surface area contributed by atoms with E-state index in [4.69, 9.17) is 0 Å². The van der Waals surface area contributed by atoms with Gasteiger partial charge in [-0.05, 0) is 31.2 Å². The van der Waals surface area contributed by atoms with Gasteiger partial charge in [0, 0.05) is 11.3 Å². The molecule has 0 saturated heterocycles. The molecule has 20 heavy (non-hydrogen) atoms. The normalized spacial score (nSPS) is 17.7. The van der Waals surface area contributed by atoms with Gasteiger partial charge in [0.05, 0.1) is 11.0 Å². The Bertz CT molecular complexity index is 490. The van der Waals surface area contributed by atoms with E-state index in [1.807, 2.05) is 11.8 Å². The van der Waals surface area contributed by atoms with Crippen molar-refractivity contribution < 1.29 is 9.31 Å². The van der Waals surface area contributed by atoms with Crippen LogP contribution in [0.25, 0.3) is 0 Å². The molecule has 2 rings (SSSR count). The minimum Gasteiger partial charge on any atom is -0.378 e. The second-order valence-corrected chi connectivity index (χ2v) is 6.49. The Balaban J connectivity index is 2.11. The molecule has 0 bridgehead atoms. The molecular formula is C14H19FN2O2S. The number of rotatable bonds is 5. The molecule has 1 N–H and O–H groups in total. The molecule has 110 valence electrons. The zero-order chi connectivity index (χ0) is 14.6. The van der Waals surface area contributed by atoms with Gasteiger partial charge in [-0.3, -0.25) is 10.1 Å². The Morgan fingerprint density at radius 2 is 2.10 bits per heavy atom. The molecule has 0 aromatic heterocycles. The molecule has 1 aliphatic rings. The Morgan fingerprint density at radius 1 is 1.40 bits per heavy atom. The lowest BCUT2D eigenvalue weighted by Crippen LogP contribution is -2.35. The fraction of sp³-hybridized carbons (Fsp3) is 0.571. The number of nitro benzene ring substituents is 1. The third-order valence-electron chi connectivity index (χ3n) is 3.96. The molecule has 1 saturated carbocycles. The van der Waals surface area contributed by atoms with Crippen LogP contribution in [0.2, 0.25) is 0 Å². The summed E-state index contributed by atoms with van der Waals surface area (Å²) in [5, 5.41) is 14.1. The van der Waals surface area contributed by atoms with Crippen molar-refractivity contribution in [3.05, 3.63) is 34.1 Å². The summed E-state index contributed by atoms with van der Waals surface area (Å²) in [7, 11) is 0. The Morgan fingerprint density at radius 3 is 2.70 bits per heavy atom. The van der Waals surface area contributed by atoms with E-state index in [1.54, 1.807) is 0 Å². The van der Waals surface area contributed by atoms with Gasteiger partial charge in [0.15, 0.2) is 0 Å². The molecule has 1 aromatic rings. The van der Waals surface area contributed by atoms with Crippen LogP contribution in [0, 0.1) is 15.9 Å². The van der Waals surface area contributed by atoms with Gasteiger partial charge in [-0.15, -0.1) is 0 Å². The van der Waals surface area contributed by atoms with Crippen LogP contribution in [0.4, 0.5) is 15.8 Å². The topological polar surface area (TPSA) is 55.2 Å². The zero-order valence-electron chi connectivity index (χ0n) is 11.5. The lowest BCUT2D eigenvalue weighted by molar-refractivity contribution is -0.384. The number of nitrogens with one attached hydrogen (secondary N) is 1. The number of anilines is 1. The summed E-state index contributed by atoms with van der Waals surface area (Å²) in [6, 6.07) is 3.67. The van der Waals surface area contributed by atoms with Crippen LogP contribution in [0.3, 0.4) is 0 Å². The van der Waals surface area contributed by atoms with Crippen molar-refractivity contribution >= 4 is 23.1 Å².